The quantitative estimate of drug-likeness (QED) is 0.320. The Bertz CT molecular complexity index is 482. The number of halogens is 3. The topological polar surface area (TPSA) is 48.8 Å². The molecule has 6 heteroatoms. The fraction of sp³-hybridized carbons (Fsp3) is 0.200. The van der Waals surface area contributed by atoms with Crippen LogP contribution in [0.1, 0.15) is 17.6 Å². The molecule has 0 fully saturated rings. The number of alkyl halides is 2. The Morgan fingerprint density at radius 2 is 2.19 bits per heavy atom. The highest BCUT2D eigenvalue weighted by molar-refractivity contribution is 5.37. The summed E-state index contributed by atoms with van der Waals surface area (Å²) in [5, 5.41) is 3.15. The van der Waals surface area contributed by atoms with E-state index >= 15 is 0 Å². The van der Waals surface area contributed by atoms with E-state index in [1.807, 2.05) is 0 Å². The van der Waals surface area contributed by atoms with Gasteiger partial charge in [-0.1, -0.05) is 17.0 Å². The molecule has 0 aliphatic carbocycles. The minimum absolute atomic E-state index is 0.0469. The lowest BCUT2D eigenvalue weighted by Crippen LogP contribution is -1.91. The largest absolute Gasteiger partial charge is 0.266 e. The maximum Gasteiger partial charge on any atom is 0.266 e. The number of azide groups is 1. The van der Waals surface area contributed by atoms with E-state index in [1.165, 1.54) is 6.07 Å². The van der Waals surface area contributed by atoms with E-state index in [0.29, 0.717) is 0 Å². The average molecular weight is 225 g/mol. The lowest BCUT2D eigenvalue weighted by Gasteiger charge is -2.00. The lowest BCUT2D eigenvalue weighted by atomic mass is 10.1. The van der Waals surface area contributed by atoms with Crippen molar-refractivity contribution in [2.75, 3.05) is 6.54 Å². The zero-order valence-corrected chi connectivity index (χ0v) is 7.99. The van der Waals surface area contributed by atoms with E-state index in [9.17, 15) is 13.2 Å². The zero-order chi connectivity index (χ0) is 12.0. The van der Waals surface area contributed by atoms with Gasteiger partial charge >= 0.3 is 0 Å². The van der Waals surface area contributed by atoms with Crippen molar-refractivity contribution in [2.45, 2.75) is 6.43 Å². The molecule has 0 bridgehead atoms. The molecule has 0 saturated heterocycles. The molecule has 0 aromatic heterocycles. The van der Waals surface area contributed by atoms with Gasteiger partial charge in [-0.25, -0.2) is 13.2 Å². The minimum atomic E-state index is -2.84. The van der Waals surface area contributed by atoms with Crippen LogP contribution in [0.2, 0.25) is 0 Å². The molecule has 0 radical (unpaired) electrons. The van der Waals surface area contributed by atoms with Crippen molar-refractivity contribution < 1.29 is 13.2 Å². The first-order valence-electron chi connectivity index (χ1n) is 4.22. The van der Waals surface area contributed by atoms with Crippen molar-refractivity contribution in [3.05, 3.63) is 45.6 Å². The standard InChI is InChI=1S/C10H6F3N3/c11-9-6-7(2-1-5-15-16-14)3-4-8(9)10(12)13/h3-4,6,10H,5H2. The molecule has 0 spiro atoms. The van der Waals surface area contributed by atoms with Crippen LogP contribution in [0, 0.1) is 17.7 Å². The van der Waals surface area contributed by atoms with E-state index in [1.54, 1.807) is 0 Å². The van der Waals surface area contributed by atoms with Crippen molar-refractivity contribution in [3.63, 3.8) is 0 Å². The van der Waals surface area contributed by atoms with E-state index in [-0.39, 0.29) is 12.1 Å². The predicted molar refractivity (Wildman–Crippen MR) is 52.2 cm³/mol. The van der Waals surface area contributed by atoms with Crippen molar-refractivity contribution in [1.82, 2.24) is 0 Å². The van der Waals surface area contributed by atoms with Crippen molar-refractivity contribution in [2.24, 2.45) is 5.11 Å². The highest BCUT2D eigenvalue weighted by Gasteiger charge is 2.12. The third-order valence-corrected chi connectivity index (χ3v) is 1.68. The van der Waals surface area contributed by atoms with Gasteiger partial charge < -0.3 is 0 Å². The van der Waals surface area contributed by atoms with Gasteiger partial charge in [-0.05, 0) is 23.7 Å². The predicted octanol–water partition coefficient (Wildman–Crippen LogP) is 3.43. The highest BCUT2D eigenvalue weighted by Crippen LogP contribution is 2.22. The van der Waals surface area contributed by atoms with Gasteiger partial charge in [0.05, 0.1) is 12.1 Å². The molecule has 0 aliphatic rings. The van der Waals surface area contributed by atoms with Crippen molar-refractivity contribution in [1.29, 1.82) is 0 Å². The molecule has 1 aromatic rings. The molecule has 0 heterocycles. The van der Waals surface area contributed by atoms with Gasteiger partial charge in [-0.15, -0.1) is 0 Å². The van der Waals surface area contributed by atoms with Crippen LogP contribution in [0.25, 0.3) is 10.4 Å². The Balaban J connectivity index is 2.87. The van der Waals surface area contributed by atoms with E-state index in [4.69, 9.17) is 5.53 Å². The molecule has 1 aromatic carbocycles. The normalized spacial score (nSPS) is 9.25. The summed E-state index contributed by atoms with van der Waals surface area (Å²) in [5.41, 5.74) is 7.56. The number of hydrogen-bond donors (Lipinski definition) is 0. The zero-order valence-electron chi connectivity index (χ0n) is 7.99. The summed E-state index contributed by atoms with van der Waals surface area (Å²) in [6.07, 6.45) is -2.84. The Kier molecular flexibility index (Phi) is 4.25. The SMILES string of the molecule is [N-]=[N+]=NCC#Cc1ccc(C(F)F)c(F)c1. The molecule has 0 unspecified atom stereocenters. The molecule has 16 heavy (non-hydrogen) atoms. The van der Waals surface area contributed by atoms with Gasteiger partial charge in [-0.2, -0.15) is 0 Å². The molecular formula is C10H6F3N3. The molecule has 0 aliphatic heterocycles. The Labute approximate surface area is 89.5 Å². The average Bonchev–Trinajstić information content (AvgIpc) is 2.24. The second-order valence-corrected chi connectivity index (χ2v) is 2.73. The molecule has 0 N–H and O–H groups in total. The number of nitrogens with zero attached hydrogens (tertiary/aromatic N) is 3. The van der Waals surface area contributed by atoms with Gasteiger partial charge in [0.15, 0.2) is 0 Å². The minimum Gasteiger partial charge on any atom is -0.206 e. The number of hydrogen-bond acceptors (Lipinski definition) is 1. The molecule has 0 amide bonds. The second-order valence-electron chi connectivity index (χ2n) is 2.73. The molecule has 0 atom stereocenters. The first kappa shape index (κ1) is 12.0. The summed E-state index contributed by atoms with van der Waals surface area (Å²) in [6.45, 7) is -0.0469. The lowest BCUT2D eigenvalue weighted by molar-refractivity contribution is 0.146. The molecule has 82 valence electrons. The first-order chi connectivity index (χ1) is 7.65. The van der Waals surface area contributed by atoms with Gasteiger partial charge in [0.1, 0.15) is 5.82 Å². The third kappa shape index (κ3) is 3.23. The Hall–Kier alpha value is -2.12. The summed E-state index contributed by atoms with van der Waals surface area (Å²) >= 11 is 0. The number of benzene rings is 1. The number of rotatable bonds is 2. The fourth-order valence-corrected chi connectivity index (χ4v) is 0.990. The Morgan fingerprint density at radius 1 is 1.44 bits per heavy atom. The van der Waals surface area contributed by atoms with Crippen LogP contribution in [0.5, 0.6) is 0 Å². The van der Waals surface area contributed by atoms with Crippen LogP contribution < -0.4 is 0 Å². The van der Waals surface area contributed by atoms with E-state index in [2.05, 4.69) is 21.9 Å². The molecule has 0 saturated carbocycles. The summed E-state index contributed by atoms with van der Waals surface area (Å²) in [7, 11) is 0. The molecule has 3 nitrogen and oxygen atoms in total. The molecule has 1 rings (SSSR count). The Morgan fingerprint density at radius 3 is 2.75 bits per heavy atom. The summed E-state index contributed by atoms with van der Waals surface area (Å²) in [6, 6.07) is 3.19. The summed E-state index contributed by atoms with van der Waals surface area (Å²) < 4.78 is 37.4. The van der Waals surface area contributed by atoms with Crippen LogP contribution in [0.15, 0.2) is 23.3 Å². The van der Waals surface area contributed by atoms with Crippen molar-refractivity contribution in [3.8, 4) is 11.8 Å². The van der Waals surface area contributed by atoms with Gasteiger partial charge in [-0.3, -0.25) is 0 Å². The first-order valence-corrected chi connectivity index (χ1v) is 4.22. The van der Waals surface area contributed by atoms with Crippen LogP contribution >= 0.6 is 0 Å². The maximum absolute atomic E-state index is 13.0. The third-order valence-electron chi connectivity index (χ3n) is 1.68. The highest BCUT2D eigenvalue weighted by atomic mass is 19.3. The maximum atomic E-state index is 13.0. The van der Waals surface area contributed by atoms with Crippen LogP contribution in [-0.4, -0.2) is 6.54 Å². The second kappa shape index (κ2) is 5.69. The molecular weight excluding hydrogens is 219 g/mol. The van der Waals surface area contributed by atoms with Crippen LogP contribution in [0.4, 0.5) is 13.2 Å². The van der Waals surface area contributed by atoms with Gasteiger partial charge in [0, 0.05) is 10.5 Å². The van der Waals surface area contributed by atoms with Crippen LogP contribution in [0.3, 0.4) is 0 Å². The van der Waals surface area contributed by atoms with Gasteiger partial charge in [0.2, 0.25) is 0 Å². The monoisotopic (exact) mass is 225 g/mol. The summed E-state index contributed by atoms with van der Waals surface area (Å²) in [5.74, 6) is 3.95. The fourth-order valence-electron chi connectivity index (χ4n) is 0.990. The smallest absolute Gasteiger partial charge is 0.206 e. The van der Waals surface area contributed by atoms with Crippen molar-refractivity contribution >= 4 is 0 Å². The van der Waals surface area contributed by atoms with E-state index in [0.717, 1.165) is 12.1 Å². The summed E-state index contributed by atoms with van der Waals surface area (Å²) in [4.78, 5) is 2.47. The van der Waals surface area contributed by atoms with Gasteiger partial charge in [0.25, 0.3) is 6.43 Å². The van der Waals surface area contributed by atoms with E-state index < -0.39 is 17.8 Å². The van der Waals surface area contributed by atoms with Crippen LogP contribution in [-0.2, 0) is 0 Å².